The fourth-order valence-corrected chi connectivity index (χ4v) is 4.10. The molecule has 0 aromatic heterocycles. The maximum atomic E-state index is 12.6. The van der Waals surface area contributed by atoms with Gasteiger partial charge in [-0.05, 0) is 48.9 Å². The fourth-order valence-electron chi connectivity index (χ4n) is 4.10. The molecule has 2 amide bonds. The summed E-state index contributed by atoms with van der Waals surface area (Å²) in [5.41, 5.74) is 4.20. The lowest BCUT2D eigenvalue weighted by atomic mass is 9.94. The van der Waals surface area contributed by atoms with E-state index in [1.54, 1.807) is 0 Å². The Bertz CT molecular complexity index is 632. The van der Waals surface area contributed by atoms with Gasteiger partial charge < -0.3 is 10.2 Å². The summed E-state index contributed by atoms with van der Waals surface area (Å²) >= 11 is 0. The average Bonchev–Trinajstić information content (AvgIpc) is 2.97. The number of anilines is 1. The Labute approximate surface area is 130 Å². The molecule has 1 aromatic carbocycles. The molecule has 0 bridgehead atoms. The van der Waals surface area contributed by atoms with Crippen LogP contribution in [0.5, 0.6) is 0 Å². The van der Waals surface area contributed by atoms with Gasteiger partial charge >= 0.3 is 0 Å². The standard InChI is InChI=1S/C18H22N2O2/c21-16-7-6-12-10-14(11-13-8-9-20(16)17(12)13)18(22)19-15-4-2-1-3-5-15/h10-11,15H,1-9H2,(H,19,22). The molecule has 1 aliphatic carbocycles. The van der Waals surface area contributed by atoms with Crippen LogP contribution in [0.25, 0.3) is 0 Å². The van der Waals surface area contributed by atoms with Gasteiger partial charge in [-0.15, -0.1) is 0 Å². The van der Waals surface area contributed by atoms with Crippen LogP contribution in [0.15, 0.2) is 12.1 Å². The van der Waals surface area contributed by atoms with Crippen molar-refractivity contribution in [2.24, 2.45) is 0 Å². The molecule has 3 aliphatic rings. The topological polar surface area (TPSA) is 49.4 Å². The zero-order chi connectivity index (χ0) is 15.1. The number of hydrogen-bond acceptors (Lipinski definition) is 2. The number of rotatable bonds is 2. The van der Waals surface area contributed by atoms with E-state index in [2.05, 4.69) is 5.32 Å². The highest BCUT2D eigenvalue weighted by Gasteiger charge is 2.32. The van der Waals surface area contributed by atoms with Gasteiger partial charge in [0.05, 0.1) is 5.69 Å². The van der Waals surface area contributed by atoms with Crippen LogP contribution in [0.2, 0.25) is 0 Å². The van der Waals surface area contributed by atoms with E-state index in [1.807, 2.05) is 17.0 Å². The van der Waals surface area contributed by atoms with Crippen LogP contribution in [-0.2, 0) is 17.6 Å². The number of carbonyl (C=O) groups is 2. The summed E-state index contributed by atoms with van der Waals surface area (Å²) in [6, 6.07) is 4.33. The maximum absolute atomic E-state index is 12.6. The minimum Gasteiger partial charge on any atom is -0.349 e. The summed E-state index contributed by atoms with van der Waals surface area (Å²) in [6.07, 6.45) is 8.15. The van der Waals surface area contributed by atoms with Gasteiger partial charge in [0.15, 0.2) is 0 Å². The van der Waals surface area contributed by atoms with Crippen molar-refractivity contribution < 1.29 is 9.59 Å². The third-order valence-corrected chi connectivity index (χ3v) is 5.25. The highest BCUT2D eigenvalue weighted by molar-refractivity contribution is 6.01. The second-order valence-electron chi connectivity index (χ2n) is 6.75. The lowest BCUT2D eigenvalue weighted by molar-refractivity contribution is -0.118. The molecule has 4 nitrogen and oxygen atoms in total. The molecule has 1 fully saturated rings. The summed E-state index contributed by atoms with van der Waals surface area (Å²) in [5, 5.41) is 3.20. The number of amides is 2. The molecule has 2 heterocycles. The maximum Gasteiger partial charge on any atom is 0.251 e. The molecule has 116 valence electrons. The highest BCUT2D eigenvalue weighted by atomic mass is 16.2. The smallest absolute Gasteiger partial charge is 0.251 e. The van der Waals surface area contributed by atoms with Crippen LogP contribution in [0.4, 0.5) is 5.69 Å². The van der Waals surface area contributed by atoms with Crippen molar-refractivity contribution in [1.82, 2.24) is 5.32 Å². The lowest BCUT2D eigenvalue weighted by Gasteiger charge is -2.26. The molecular weight excluding hydrogens is 276 g/mol. The molecule has 0 spiro atoms. The Morgan fingerprint density at radius 2 is 1.77 bits per heavy atom. The Balaban J connectivity index is 1.58. The summed E-state index contributed by atoms with van der Waals surface area (Å²) in [4.78, 5) is 26.4. The molecule has 0 radical (unpaired) electrons. The van der Waals surface area contributed by atoms with E-state index < -0.39 is 0 Å². The Morgan fingerprint density at radius 1 is 1.05 bits per heavy atom. The van der Waals surface area contributed by atoms with Crippen LogP contribution in [-0.4, -0.2) is 24.4 Å². The van der Waals surface area contributed by atoms with Gasteiger partial charge in [-0.3, -0.25) is 9.59 Å². The molecule has 4 heteroatoms. The molecule has 1 saturated carbocycles. The van der Waals surface area contributed by atoms with E-state index in [1.165, 1.54) is 30.4 Å². The predicted octanol–water partition coefficient (Wildman–Crippen LogP) is 2.58. The molecule has 1 N–H and O–H groups in total. The predicted molar refractivity (Wildman–Crippen MR) is 85.2 cm³/mol. The van der Waals surface area contributed by atoms with Gasteiger partial charge in [0, 0.05) is 24.6 Å². The van der Waals surface area contributed by atoms with Crippen LogP contribution in [0.3, 0.4) is 0 Å². The quantitative estimate of drug-likeness (QED) is 0.912. The molecule has 0 atom stereocenters. The number of hydrogen-bond donors (Lipinski definition) is 1. The molecule has 4 rings (SSSR count). The first kappa shape index (κ1) is 13.8. The number of nitrogens with zero attached hydrogens (tertiary/aromatic N) is 1. The number of carbonyl (C=O) groups excluding carboxylic acids is 2. The molecule has 2 aliphatic heterocycles. The van der Waals surface area contributed by atoms with Crippen LogP contribution in [0.1, 0.15) is 60.0 Å². The van der Waals surface area contributed by atoms with Crippen molar-refractivity contribution in [3.63, 3.8) is 0 Å². The third kappa shape index (κ3) is 2.31. The van der Waals surface area contributed by atoms with Gasteiger partial charge in [-0.2, -0.15) is 0 Å². The summed E-state index contributed by atoms with van der Waals surface area (Å²) in [7, 11) is 0. The molecular formula is C18H22N2O2. The molecule has 1 aromatic rings. The van der Waals surface area contributed by atoms with Crippen molar-refractivity contribution in [2.45, 2.75) is 57.4 Å². The van der Waals surface area contributed by atoms with E-state index >= 15 is 0 Å². The van der Waals surface area contributed by atoms with Crippen molar-refractivity contribution >= 4 is 17.5 Å². The van der Waals surface area contributed by atoms with Gasteiger partial charge in [-0.1, -0.05) is 19.3 Å². The SMILES string of the molecule is O=C(NC1CCCCC1)c1cc2c3c(c1)CCN3C(=O)CC2. The number of benzene rings is 1. The average molecular weight is 298 g/mol. The Morgan fingerprint density at radius 3 is 2.55 bits per heavy atom. The zero-order valence-electron chi connectivity index (χ0n) is 12.9. The fraction of sp³-hybridized carbons (Fsp3) is 0.556. The van der Waals surface area contributed by atoms with Crippen LogP contribution in [0, 0.1) is 0 Å². The summed E-state index contributed by atoms with van der Waals surface area (Å²) < 4.78 is 0. The molecule has 22 heavy (non-hydrogen) atoms. The first-order valence-corrected chi connectivity index (χ1v) is 8.49. The normalized spacial score (nSPS) is 20.9. The van der Waals surface area contributed by atoms with E-state index in [0.717, 1.165) is 43.5 Å². The van der Waals surface area contributed by atoms with E-state index in [9.17, 15) is 9.59 Å². The monoisotopic (exact) mass is 298 g/mol. The second kappa shape index (κ2) is 5.41. The van der Waals surface area contributed by atoms with Crippen molar-refractivity contribution in [2.75, 3.05) is 11.4 Å². The zero-order valence-corrected chi connectivity index (χ0v) is 12.9. The van der Waals surface area contributed by atoms with E-state index in [4.69, 9.17) is 0 Å². The summed E-state index contributed by atoms with van der Waals surface area (Å²) in [6.45, 7) is 0.773. The van der Waals surface area contributed by atoms with Gasteiger partial charge in [0.1, 0.15) is 0 Å². The minimum absolute atomic E-state index is 0.0568. The van der Waals surface area contributed by atoms with E-state index in [-0.39, 0.29) is 11.8 Å². The highest BCUT2D eigenvalue weighted by Crippen LogP contribution is 2.37. The van der Waals surface area contributed by atoms with Gasteiger partial charge in [0.25, 0.3) is 5.91 Å². The molecule has 0 saturated heterocycles. The second-order valence-corrected chi connectivity index (χ2v) is 6.75. The van der Waals surface area contributed by atoms with Crippen molar-refractivity contribution in [3.8, 4) is 0 Å². The molecule has 0 unspecified atom stereocenters. The third-order valence-electron chi connectivity index (χ3n) is 5.25. The van der Waals surface area contributed by atoms with Crippen LogP contribution >= 0.6 is 0 Å². The van der Waals surface area contributed by atoms with Gasteiger partial charge in [-0.25, -0.2) is 0 Å². The van der Waals surface area contributed by atoms with Crippen molar-refractivity contribution in [3.05, 3.63) is 28.8 Å². The van der Waals surface area contributed by atoms with Crippen LogP contribution < -0.4 is 10.2 Å². The largest absolute Gasteiger partial charge is 0.349 e. The number of aryl methyl sites for hydroxylation is 1. The summed E-state index contributed by atoms with van der Waals surface area (Å²) in [5.74, 6) is 0.284. The van der Waals surface area contributed by atoms with Gasteiger partial charge in [0.2, 0.25) is 5.91 Å². The van der Waals surface area contributed by atoms with Crippen molar-refractivity contribution in [1.29, 1.82) is 0 Å². The van der Waals surface area contributed by atoms with E-state index in [0.29, 0.717) is 12.5 Å². The first-order chi connectivity index (χ1) is 10.7. The Kier molecular flexibility index (Phi) is 3.40. The Hall–Kier alpha value is -1.84. The lowest BCUT2D eigenvalue weighted by Crippen LogP contribution is -2.36. The number of nitrogens with one attached hydrogen (secondary N) is 1. The minimum atomic E-state index is 0.0568. The first-order valence-electron chi connectivity index (χ1n) is 8.49.